The molecule has 0 N–H and O–H groups in total. The summed E-state index contributed by atoms with van der Waals surface area (Å²) < 4.78 is 34.4. The predicted molar refractivity (Wildman–Crippen MR) is 433 cm³/mol. The van der Waals surface area contributed by atoms with Crippen molar-refractivity contribution in [1.29, 1.82) is 0 Å². The first-order valence-corrected chi connectivity index (χ1v) is 42.0. The second kappa shape index (κ2) is 78.3. The Kier molecular flexibility index (Phi) is 74.4. The topological polar surface area (TPSA) is 111 Å². The van der Waals surface area contributed by atoms with Gasteiger partial charge in [-0.1, -0.05) is 357 Å². The van der Waals surface area contributed by atoms with E-state index in [-0.39, 0.29) is 32.0 Å². The molecule has 2 unspecified atom stereocenters. The number of carbonyl (C=O) groups excluding carboxylic acids is 2. The van der Waals surface area contributed by atoms with Gasteiger partial charge in [0.25, 0.3) is 7.82 Å². The number of quaternary nitrogens is 1. The van der Waals surface area contributed by atoms with Crippen molar-refractivity contribution in [3.63, 3.8) is 0 Å². The summed E-state index contributed by atoms with van der Waals surface area (Å²) >= 11 is 0. The smallest absolute Gasteiger partial charge is 0.306 e. The third-order valence-corrected chi connectivity index (χ3v) is 17.9. The monoisotopic (exact) mass is 1400 g/mol. The lowest BCUT2D eigenvalue weighted by molar-refractivity contribution is -0.870. The lowest BCUT2D eigenvalue weighted by Crippen LogP contribution is -2.37. The van der Waals surface area contributed by atoms with E-state index in [2.05, 4.69) is 196 Å². The SMILES string of the molecule is CC/C=C\C/C=C\C/C=C\C/C=C\C/C=C\C/C=C\C/C=C\C/C=C\C/C=C\C/C=C\CCCCCCCCCCCCC(=O)OC(COC(=O)CCCCCCCCCCCCCCCCCCCCC/C=C\C/C=C\C/C=C\C/C=C\C/C=C\CC)COP(=O)([O-])OCC[N+](C)(C)C. The molecule has 0 aliphatic carbocycles. The predicted octanol–water partition coefficient (Wildman–Crippen LogP) is 26.8. The Labute approximate surface area is 616 Å². The molecule has 0 saturated carbocycles. The van der Waals surface area contributed by atoms with Crippen LogP contribution in [0.25, 0.3) is 0 Å². The summed E-state index contributed by atoms with van der Waals surface area (Å²) in [6.45, 7) is 4.02. The maximum atomic E-state index is 12.9. The van der Waals surface area contributed by atoms with E-state index in [9.17, 15) is 19.0 Å². The summed E-state index contributed by atoms with van der Waals surface area (Å²) in [7, 11) is 1.15. The van der Waals surface area contributed by atoms with E-state index >= 15 is 0 Å². The molecule has 0 saturated heterocycles. The molecule has 0 aromatic heterocycles. The number of rotatable bonds is 73. The van der Waals surface area contributed by atoms with Crippen LogP contribution in [0.3, 0.4) is 0 Å². The minimum atomic E-state index is -4.66. The minimum Gasteiger partial charge on any atom is -0.756 e. The van der Waals surface area contributed by atoms with Crippen LogP contribution in [0, 0.1) is 0 Å². The number of phosphoric acid groups is 1. The molecule has 0 aromatic rings. The van der Waals surface area contributed by atoms with Crippen molar-refractivity contribution in [2.24, 2.45) is 0 Å². The quantitative estimate of drug-likeness (QED) is 0.0195. The Morgan fingerprint density at radius 1 is 0.310 bits per heavy atom. The largest absolute Gasteiger partial charge is 0.756 e. The fourth-order valence-electron chi connectivity index (χ4n) is 10.8. The molecule has 0 fully saturated rings. The van der Waals surface area contributed by atoms with Crippen LogP contribution in [0.15, 0.2) is 182 Å². The normalized spacial score (nSPS) is 14.0. The number of hydrogen-bond donors (Lipinski definition) is 0. The highest BCUT2D eigenvalue weighted by Crippen LogP contribution is 2.38. The third kappa shape index (κ3) is 82.1. The third-order valence-electron chi connectivity index (χ3n) is 16.9. The fraction of sp³-hybridized carbons (Fsp3) is 0.644. The van der Waals surface area contributed by atoms with Gasteiger partial charge in [-0.25, -0.2) is 0 Å². The van der Waals surface area contributed by atoms with E-state index in [1.807, 2.05) is 21.1 Å². The first-order valence-electron chi connectivity index (χ1n) is 40.5. The molecular formula is C90H150NO8P. The Hall–Kier alpha value is -4.89. The summed E-state index contributed by atoms with van der Waals surface area (Å²) in [5.41, 5.74) is 0. The number of carbonyl (C=O) groups is 2. The first kappa shape index (κ1) is 95.1. The second-order valence-electron chi connectivity index (χ2n) is 27.7. The molecule has 0 aromatic carbocycles. The second-order valence-corrected chi connectivity index (χ2v) is 29.1. The van der Waals surface area contributed by atoms with Crippen LogP contribution >= 0.6 is 7.82 Å². The first-order chi connectivity index (χ1) is 49.0. The Morgan fingerprint density at radius 2 is 0.540 bits per heavy atom. The maximum absolute atomic E-state index is 12.9. The van der Waals surface area contributed by atoms with Gasteiger partial charge in [-0.15, -0.1) is 0 Å². The highest BCUT2D eigenvalue weighted by molar-refractivity contribution is 7.45. The standard InChI is InChI=1S/C90H150NO8P/c1-6-8-10-12-14-16-18-20-22-24-26-28-30-32-34-36-38-40-42-43-44-45-46-47-49-51-53-55-57-59-61-63-65-67-69-71-73-75-77-79-81-83-90(93)99-88(87-98-100(94,95)97-85-84-91(3,4)5)86-96-89(92)82-80-78-76-74-72-70-68-66-64-62-60-58-56-54-52-50-48-41-39-37-35-33-31-29-27-25-23-21-19-17-15-13-11-9-7-2/h8-11,14-17,20-23,26-29,32-35,38,40,43-44,46-47,51,53,57,59,88H,6-7,12-13,18-19,24-25,30-31,36-37,39,41-42,45,48-50,52,54-56,58,60-87H2,1-5H3/b10-8-,11-9-,16-14-,17-15-,22-20-,23-21-,28-26-,29-27-,34-32-,35-33-,40-38-,44-43-,47-46-,53-51-,59-57-. The van der Waals surface area contributed by atoms with Gasteiger partial charge in [0.15, 0.2) is 6.10 Å². The van der Waals surface area contributed by atoms with Crippen LogP contribution in [-0.4, -0.2) is 70.0 Å². The van der Waals surface area contributed by atoms with E-state index in [4.69, 9.17) is 18.5 Å². The van der Waals surface area contributed by atoms with Gasteiger partial charge in [0.05, 0.1) is 27.7 Å². The van der Waals surface area contributed by atoms with Crippen molar-refractivity contribution in [2.45, 2.75) is 328 Å². The van der Waals surface area contributed by atoms with Crippen molar-refractivity contribution >= 4 is 19.8 Å². The number of nitrogens with zero attached hydrogens (tertiary/aromatic N) is 1. The van der Waals surface area contributed by atoms with Crippen LogP contribution in [0.5, 0.6) is 0 Å². The lowest BCUT2D eigenvalue weighted by Gasteiger charge is -2.28. The molecule has 0 radical (unpaired) electrons. The van der Waals surface area contributed by atoms with Crippen molar-refractivity contribution in [2.75, 3.05) is 47.5 Å². The van der Waals surface area contributed by atoms with Gasteiger partial charge in [0.2, 0.25) is 0 Å². The molecule has 0 amide bonds. The van der Waals surface area contributed by atoms with E-state index in [1.165, 1.54) is 148 Å². The van der Waals surface area contributed by atoms with Gasteiger partial charge in [-0.2, -0.15) is 0 Å². The van der Waals surface area contributed by atoms with Crippen molar-refractivity contribution in [1.82, 2.24) is 0 Å². The Morgan fingerprint density at radius 3 is 0.800 bits per heavy atom. The van der Waals surface area contributed by atoms with Gasteiger partial charge in [-0.3, -0.25) is 14.2 Å². The van der Waals surface area contributed by atoms with Crippen LogP contribution < -0.4 is 4.89 Å². The van der Waals surface area contributed by atoms with Crippen LogP contribution in [0.1, 0.15) is 322 Å². The van der Waals surface area contributed by atoms with Crippen molar-refractivity contribution < 1.29 is 42.1 Å². The minimum absolute atomic E-state index is 0.0382. The molecule has 0 rings (SSSR count). The van der Waals surface area contributed by atoms with Gasteiger partial charge in [-0.05, 0) is 135 Å². The van der Waals surface area contributed by atoms with Crippen molar-refractivity contribution in [3.05, 3.63) is 182 Å². The molecule has 9 nitrogen and oxygen atoms in total. The molecule has 10 heteroatoms. The molecule has 0 heterocycles. The summed E-state index contributed by atoms with van der Waals surface area (Å²) in [6.07, 6.45) is 120. The Bertz CT molecular complexity index is 2350. The van der Waals surface area contributed by atoms with Gasteiger partial charge in [0, 0.05) is 12.8 Å². The number of ether oxygens (including phenoxy) is 2. The fourth-order valence-corrected chi connectivity index (χ4v) is 11.6. The number of hydrogen-bond acceptors (Lipinski definition) is 8. The molecule has 568 valence electrons. The molecule has 2 atom stereocenters. The number of phosphoric ester groups is 1. The highest BCUT2D eigenvalue weighted by atomic mass is 31.2. The molecular weight excluding hydrogens is 1250 g/mol. The van der Waals surface area contributed by atoms with Gasteiger partial charge >= 0.3 is 11.9 Å². The van der Waals surface area contributed by atoms with Crippen molar-refractivity contribution in [3.8, 4) is 0 Å². The summed E-state index contributed by atoms with van der Waals surface area (Å²) in [5, 5.41) is 0. The number of esters is 2. The van der Waals surface area contributed by atoms with E-state index in [0.29, 0.717) is 17.4 Å². The molecule has 0 aliphatic rings. The zero-order valence-electron chi connectivity index (χ0n) is 64.8. The summed E-state index contributed by atoms with van der Waals surface area (Å²) in [5.74, 6) is -0.838. The molecule has 0 aliphatic heterocycles. The zero-order valence-corrected chi connectivity index (χ0v) is 65.7. The Balaban J connectivity index is 4.03. The highest BCUT2D eigenvalue weighted by Gasteiger charge is 2.22. The average Bonchev–Trinajstić information content (AvgIpc) is 1.30. The number of unbranched alkanes of at least 4 members (excludes halogenated alkanes) is 29. The summed E-state index contributed by atoms with van der Waals surface area (Å²) in [6, 6.07) is 0. The van der Waals surface area contributed by atoms with Crippen LogP contribution in [0.4, 0.5) is 0 Å². The molecule has 0 bridgehead atoms. The van der Waals surface area contributed by atoms with E-state index < -0.39 is 26.5 Å². The zero-order chi connectivity index (χ0) is 72.5. The van der Waals surface area contributed by atoms with Crippen LogP contribution in [0.2, 0.25) is 0 Å². The molecule has 0 spiro atoms. The summed E-state index contributed by atoms with van der Waals surface area (Å²) in [4.78, 5) is 38.2. The van der Waals surface area contributed by atoms with Crippen LogP contribution in [-0.2, 0) is 32.7 Å². The van der Waals surface area contributed by atoms with E-state index in [1.54, 1.807) is 0 Å². The number of likely N-dealkylation sites (N-methyl/N-ethyl adjacent to an activating group) is 1. The average molecular weight is 1410 g/mol. The van der Waals surface area contributed by atoms with E-state index in [0.717, 1.165) is 141 Å². The van der Waals surface area contributed by atoms with Gasteiger partial charge < -0.3 is 27.9 Å². The maximum Gasteiger partial charge on any atom is 0.306 e. The van der Waals surface area contributed by atoms with Gasteiger partial charge in [0.1, 0.15) is 19.8 Å². The lowest BCUT2D eigenvalue weighted by atomic mass is 10.0. The molecule has 100 heavy (non-hydrogen) atoms. The number of allylic oxidation sites excluding steroid dienone is 30.